The zero-order valence-electron chi connectivity index (χ0n) is 6.55. The second-order valence-electron chi connectivity index (χ2n) is 2.85. The van der Waals surface area contributed by atoms with Crippen LogP contribution in [0, 0.1) is 0 Å². The average molecular weight is 256 g/mol. The van der Waals surface area contributed by atoms with Crippen molar-refractivity contribution in [2.45, 2.75) is 47.1 Å². The Hall–Kier alpha value is 0.750. The minimum absolute atomic E-state index is 0.0797. The molecule has 0 aromatic rings. The molecule has 0 aliphatic heterocycles. The van der Waals surface area contributed by atoms with Crippen LogP contribution in [0.2, 0.25) is 8.43 Å². The third-order valence-corrected chi connectivity index (χ3v) is 5.79. The van der Waals surface area contributed by atoms with Gasteiger partial charge in [0.15, 0.2) is 0 Å². The van der Waals surface area contributed by atoms with E-state index >= 15 is 0 Å². The van der Waals surface area contributed by atoms with Crippen LogP contribution in [0.3, 0.4) is 0 Å². The van der Waals surface area contributed by atoms with Crippen molar-refractivity contribution in [2.75, 3.05) is 0 Å². The predicted octanol–water partition coefficient (Wildman–Crippen LogP) is 1.85. The van der Waals surface area contributed by atoms with Crippen molar-refractivity contribution in [3.63, 3.8) is 0 Å². The van der Waals surface area contributed by atoms with E-state index in [4.69, 9.17) is 0 Å². The number of aliphatic hydroxyl groups excluding tert-OH is 1. The van der Waals surface area contributed by atoms with Crippen molar-refractivity contribution in [1.82, 2.24) is 0 Å². The molecule has 60 valence electrons. The third kappa shape index (κ3) is 2.42. The monoisotopic (exact) mass is 258 g/mol. The van der Waals surface area contributed by atoms with Crippen LogP contribution in [0.15, 0.2) is 0 Å². The summed E-state index contributed by atoms with van der Waals surface area (Å²) in [5.74, 6) is 0. The molecule has 1 fully saturated rings. The molecule has 2 atom stereocenters. The van der Waals surface area contributed by atoms with Crippen molar-refractivity contribution in [1.29, 1.82) is 0 Å². The molecule has 0 amide bonds. The van der Waals surface area contributed by atoms with Crippen LogP contribution in [0.5, 0.6) is 0 Å². The number of hydrogen-bond acceptors (Lipinski definition) is 1. The van der Waals surface area contributed by atoms with Gasteiger partial charge < -0.3 is 0 Å². The molecule has 0 radical (unpaired) electrons. The van der Waals surface area contributed by atoms with Crippen LogP contribution >= 0.6 is 0 Å². The molecule has 1 aliphatic rings. The van der Waals surface area contributed by atoms with E-state index < -0.39 is 0 Å². The van der Waals surface area contributed by atoms with E-state index in [1.54, 1.807) is 0 Å². The van der Waals surface area contributed by atoms with Crippen LogP contribution < -0.4 is 0 Å². The second-order valence-corrected chi connectivity index (χ2v) is 7.17. The fraction of sp³-hybridized carbons (Fsp3) is 1.00. The van der Waals surface area contributed by atoms with Gasteiger partial charge in [-0.05, 0) is 0 Å². The van der Waals surface area contributed by atoms with E-state index in [-0.39, 0.29) is 27.0 Å². The van der Waals surface area contributed by atoms with Gasteiger partial charge in [-0.15, -0.1) is 0 Å². The maximum atomic E-state index is 9.53. The molecule has 0 heterocycles. The first kappa shape index (κ1) is 8.84. The van der Waals surface area contributed by atoms with E-state index in [1.807, 2.05) is 0 Å². The predicted molar refractivity (Wildman–Crippen MR) is 44.5 cm³/mol. The number of rotatable bonds is 2. The molecule has 10 heavy (non-hydrogen) atoms. The van der Waals surface area contributed by atoms with Gasteiger partial charge in [0, 0.05) is 0 Å². The summed E-state index contributed by atoms with van der Waals surface area (Å²) in [6, 6.07) is 0. The first-order valence-corrected chi connectivity index (χ1v) is 7.13. The zero-order chi connectivity index (χ0) is 7.40. The van der Waals surface area contributed by atoms with E-state index in [2.05, 4.69) is 6.92 Å². The summed E-state index contributed by atoms with van der Waals surface area (Å²) in [5, 5.41) is 9.53. The van der Waals surface area contributed by atoms with Gasteiger partial charge in [0.25, 0.3) is 0 Å². The Balaban J connectivity index is 2.25. The molecule has 1 nitrogen and oxygen atoms in total. The Kier molecular flexibility index (Phi) is 4.06. The van der Waals surface area contributed by atoms with Crippen LogP contribution in [-0.4, -0.2) is 32.1 Å². The van der Waals surface area contributed by atoms with Crippen molar-refractivity contribution >= 4 is 20.9 Å². The van der Waals surface area contributed by atoms with E-state index in [1.165, 1.54) is 23.7 Å². The summed E-state index contributed by atoms with van der Waals surface area (Å²) in [4.78, 5) is 0. The summed E-state index contributed by atoms with van der Waals surface area (Å²) < 4.78 is 2.11. The van der Waals surface area contributed by atoms with Gasteiger partial charge in [0.05, 0.1) is 0 Å². The summed E-state index contributed by atoms with van der Waals surface area (Å²) in [5.41, 5.74) is 0. The van der Waals surface area contributed by atoms with E-state index in [9.17, 15) is 5.11 Å². The van der Waals surface area contributed by atoms with Crippen molar-refractivity contribution in [3.05, 3.63) is 0 Å². The van der Waals surface area contributed by atoms with Gasteiger partial charge in [0.1, 0.15) is 0 Å². The van der Waals surface area contributed by atoms with Crippen LogP contribution in [-0.2, 0) is 0 Å². The third-order valence-electron chi connectivity index (χ3n) is 2.05. The molecule has 2 heteroatoms. The van der Waals surface area contributed by atoms with Gasteiger partial charge in [-0.2, -0.15) is 0 Å². The van der Waals surface area contributed by atoms with Gasteiger partial charge >= 0.3 is 73.2 Å². The van der Waals surface area contributed by atoms with Crippen molar-refractivity contribution < 1.29 is 5.11 Å². The standard InChI is InChI=1S/C8H16OTe/c1-2-10-8-6-4-3-5-7(8)9/h7-9H,2-6H2,1H3. The van der Waals surface area contributed by atoms with Crippen molar-refractivity contribution in [2.24, 2.45) is 0 Å². The first-order valence-electron chi connectivity index (χ1n) is 4.14. The Labute approximate surface area is 73.3 Å². The molecule has 0 saturated heterocycles. The molecular formula is C8H16OTe. The average Bonchev–Trinajstić information content (AvgIpc) is 1.94. The molecule has 0 aromatic heterocycles. The Morgan fingerprint density at radius 1 is 1.40 bits per heavy atom. The quantitative estimate of drug-likeness (QED) is 0.747. The topological polar surface area (TPSA) is 20.2 Å². The molecular weight excluding hydrogens is 240 g/mol. The maximum absolute atomic E-state index is 9.53. The zero-order valence-corrected chi connectivity index (χ0v) is 8.88. The van der Waals surface area contributed by atoms with E-state index in [0.29, 0.717) is 0 Å². The number of aliphatic hydroxyl groups is 1. The molecule has 0 bridgehead atoms. The molecule has 1 N–H and O–H groups in total. The first-order chi connectivity index (χ1) is 4.84. The minimum atomic E-state index is 0.0797. The SMILES string of the molecule is CC[Te]C1CCCCC1O. The molecule has 1 aliphatic carbocycles. The second kappa shape index (κ2) is 4.59. The van der Waals surface area contributed by atoms with Gasteiger partial charge in [0.2, 0.25) is 0 Å². The normalized spacial score (nSPS) is 34.2. The summed E-state index contributed by atoms with van der Waals surface area (Å²) in [6.45, 7) is 2.25. The summed E-state index contributed by atoms with van der Waals surface area (Å²) in [7, 11) is 0. The van der Waals surface area contributed by atoms with Gasteiger partial charge in [-0.25, -0.2) is 0 Å². The Morgan fingerprint density at radius 3 is 2.70 bits per heavy atom. The fourth-order valence-corrected chi connectivity index (χ4v) is 4.68. The van der Waals surface area contributed by atoms with Crippen LogP contribution in [0.1, 0.15) is 32.6 Å². The molecule has 1 saturated carbocycles. The summed E-state index contributed by atoms with van der Waals surface area (Å²) in [6.07, 6.45) is 5.10. The summed E-state index contributed by atoms with van der Waals surface area (Å²) >= 11 is 0.152. The molecule has 2 unspecified atom stereocenters. The molecule has 1 rings (SSSR count). The van der Waals surface area contributed by atoms with Crippen molar-refractivity contribution in [3.8, 4) is 0 Å². The Bertz CT molecular complexity index is 93.3. The van der Waals surface area contributed by atoms with Gasteiger partial charge in [-0.3, -0.25) is 0 Å². The van der Waals surface area contributed by atoms with Gasteiger partial charge in [-0.1, -0.05) is 0 Å². The fourth-order valence-electron chi connectivity index (χ4n) is 1.49. The number of hydrogen-bond donors (Lipinski definition) is 1. The van der Waals surface area contributed by atoms with E-state index in [0.717, 1.165) is 10.4 Å². The molecule has 0 aromatic carbocycles. The van der Waals surface area contributed by atoms with Crippen LogP contribution in [0.25, 0.3) is 0 Å². The van der Waals surface area contributed by atoms with Crippen LogP contribution in [0.4, 0.5) is 0 Å². The Morgan fingerprint density at radius 2 is 2.10 bits per heavy atom. The molecule has 0 spiro atoms.